The lowest BCUT2D eigenvalue weighted by atomic mass is 10.2. The first kappa shape index (κ1) is 20.3. The van der Waals surface area contributed by atoms with Gasteiger partial charge in [0.05, 0.1) is 6.54 Å². The van der Waals surface area contributed by atoms with Gasteiger partial charge in [-0.3, -0.25) is 4.99 Å². The van der Waals surface area contributed by atoms with E-state index in [1.54, 1.807) is 7.05 Å². The van der Waals surface area contributed by atoms with E-state index in [2.05, 4.69) is 60.4 Å². The summed E-state index contributed by atoms with van der Waals surface area (Å²) >= 11 is 6.14. The number of rotatable bonds is 6. The van der Waals surface area contributed by atoms with E-state index in [4.69, 9.17) is 11.6 Å². The highest BCUT2D eigenvalue weighted by Gasteiger charge is 2.23. The second kappa shape index (κ2) is 9.67. The molecular weight excluding hydrogens is 396 g/mol. The van der Waals surface area contributed by atoms with Crippen LogP contribution in [0.15, 0.2) is 72.0 Å². The van der Waals surface area contributed by atoms with E-state index in [9.17, 15) is 0 Å². The fourth-order valence-electron chi connectivity index (χ4n) is 3.77. The van der Waals surface area contributed by atoms with Crippen LogP contribution in [0, 0.1) is 0 Å². The Bertz CT molecular complexity index is 984. The lowest BCUT2D eigenvalue weighted by molar-refractivity contribution is 0.635. The number of hydrogen-bond acceptors (Lipinski definition) is 3. The van der Waals surface area contributed by atoms with Crippen LogP contribution in [0.25, 0.3) is 0 Å². The molecule has 3 aromatic rings. The van der Waals surface area contributed by atoms with Crippen molar-refractivity contribution in [3.05, 3.63) is 83.4 Å². The van der Waals surface area contributed by atoms with Gasteiger partial charge in [0.1, 0.15) is 5.82 Å². The van der Waals surface area contributed by atoms with Crippen molar-refractivity contribution in [1.82, 2.24) is 20.2 Å². The summed E-state index contributed by atoms with van der Waals surface area (Å²) in [4.78, 5) is 11.3. The molecule has 0 bridgehead atoms. The van der Waals surface area contributed by atoms with Gasteiger partial charge in [-0.05, 0) is 30.2 Å². The standard InChI is InChI=1S/C23H27ClN6/c1-25-23(28-20-10-12-29(17-20)21-9-5-8-19(24)14-21)27-15-22-26-11-13-30(22)16-18-6-3-2-4-7-18/h2-9,11,13-14,20H,10,12,15-17H2,1H3,(H2,25,27,28). The van der Waals surface area contributed by atoms with Crippen LogP contribution < -0.4 is 15.5 Å². The van der Waals surface area contributed by atoms with Crippen molar-refractivity contribution in [3.8, 4) is 0 Å². The monoisotopic (exact) mass is 422 g/mol. The van der Waals surface area contributed by atoms with E-state index in [0.29, 0.717) is 12.6 Å². The van der Waals surface area contributed by atoms with Gasteiger partial charge < -0.3 is 20.1 Å². The maximum absolute atomic E-state index is 6.14. The van der Waals surface area contributed by atoms with Gasteiger partial charge in [0, 0.05) is 55.8 Å². The predicted octanol–water partition coefficient (Wildman–Crippen LogP) is 3.53. The Morgan fingerprint density at radius 3 is 2.87 bits per heavy atom. The third-order valence-electron chi connectivity index (χ3n) is 5.34. The van der Waals surface area contributed by atoms with E-state index < -0.39 is 0 Å². The zero-order chi connectivity index (χ0) is 20.8. The molecule has 4 rings (SSSR count). The first-order chi connectivity index (χ1) is 14.7. The fourth-order valence-corrected chi connectivity index (χ4v) is 3.95. The first-order valence-electron chi connectivity index (χ1n) is 10.2. The van der Waals surface area contributed by atoms with Gasteiger partial charge in [-0.1, -0.05) is 48.0 Å². The molecule has 1 saturated heterocycles. The van der Waals surface area contributed by atoms with Crippen molar-refractivity contribution < 1.29 is 0 Å². The Hall–Kier alpha value is -2.99. The van der Waals surface area contributed by atoms with E-state index in [-0.39, 0.29) is 0 Å². The smallest absolute Gasteiger partial charge is 0.191 e. The van der Waals surface area contributed by atoms with Crippen molar-refractivity contribution >= 4 is 23.2 Å². The lowest BCUT2D eigenvalue weighted by Gasteiger charge is -2.20. The summed E-state index contributed by atoms with van der Waals surface area (Å²) in [5.74, 6) is 1.77. The Balaban J connectivity index is 1.31. The molecule has 6 nitrogen and oxygen atoms in total. The molecule has 1 unspecified atom stereocenters. The SMILES string of the molecule is CN=C(NCc1nccn1Cc1ccccc1)NC1CCN(c2cccc(Cl)c2)C1. The molecule has 0 aliphatic carbocycles. The number of benzene rings is 2. The second-order valence-electron chi connectivity index (χ2n) is 7.44. The summed E-state index contributed by atoms with van der Waals surface area (Å²) in [7, 11) is 1.80. The maximum atomic E-state index is 6.14. The van der Waals surface area contributed by atoms with Gasteiger partial charge >= 0.3 is 0 Å². The average molecular weight is 423 g/mol. The van der Waals surface area contributed by atoms with Gasteiger partial charge in [-0.2, -0.15) is 0 Å². The number of guanidine groups is 1. The van der Waals surface area contributed by atoms with Crippen molar-refractivity contribution in [3.63, 3.8) is 0 Å². The Morgan fingerprint density at radius 2 is 2.07 bits per heavy atom. The number of hydrogen-bond donors (Lipinski definition) is 2. The minimum atomic E-state index is 0.333. The molecule has 1 atom stereocenters. The molecule has 0 saturated carbocycles. The number of nitrogens with zero attached hydrogens (tertiary/aromatic N) is 4. The Kier molecular flexibility index (Phi) is 6.54. The molecule has 30 heavy (non-hydrogen) atoms. The van der Waals surface area contributed by atoms with Gasteiger partial charge in [0.2, 0.25) is 0 Å². The third kappa shape index (κ3) is 5.13. The van der Waals surface area contributed by atoms with E-state index >= 15 is 0 Å². The highest BCUT2D eigenvalue weighted by atomic mass is 35.5. The van der Waals surface area contributed by atoms with E-state index in [1.165, 1.54) is 5.56 Å². The molecule has 7 heteroatoms. The molecule has 0 radical (unpaired) electrons. The van der Waals surface area contributed by atoms with Gasteiger partial charge in [0.25, 0.3) is 0 Å². The predicted molar refractivity (Wildman–Crippen MR) is 123 cm³/mol. The van der Waals surface area contributed by atoms with E-state index in [1.807, 2.05) is 36.7 Å². The fraction of sp³-hybridized carbons (Fsp3) is 0.304. The van der Waals surface area contributed by atoms with Crippen LogP contribution in [0.4, 0.5) is 5.69 Å². The summed E-state index contributed by atoms with van der Waals surface area (Å²) in [5.41, 5.74) is 2.42. The van der Waals surface area contributed by atoms with Crippen LogP contribution in [0.1, 0.15) is 17.8 Å². The molecule has 0 spiro atoms. The summed E-state index contributed by atoms with van der Waals surface area (Å²) in [5, 5.41) is 7.71. The number of anilines is 1. The molecule has 1 aliphatic heterocycles. The van der Waals surface area contributed by atoms with Gasteiger partial charge in [-0.15, -0.1) is 0 Å². The highest BCUT2D eigenvalue weighted by molar-refractivity contribution is 6.30. The summed E-state index contributed by atoms with van der Waals surface area (Å²) < 4.78 is 2.16. The van der Waals surface area contributed by atoms with Crippen molar-refractivity contribution in [1.29, 1.82) is 0 Å². The summed E-state index contributed by atoms with van der Waals surface area (Å²) in [6.07, 6.45) is 4.91. The molecular formula is C23H27ClN6. The topological polar surface area (TPSA) is 57.5 Å². The molecule has 1 fully saturated rings. The normalized spacial score (nSPS) is 16.7. The van der Waals surface area contributed by atoms with Crippen LogP contribution in [-0.4, -0.2) is 41.7 Å². The van der Waals surface area contributed by atoms with Crippen LogP contribution in [0.5, 0.6) is 0 Å². The summed E-state index contributed by atoms with van der Waals surface area (Å²) in [6, 6.07) is 18.8. The third-order valence-corrected chi connectivity index (χ3v) is 5.57. The van der Waals surface area contributed by atoms with Crippen LogP contribution in [-0.2, 0) is 13.1 Å². The Morgan fingerprint density at radius 1 is 1.20 bits per heavy atom. The molecule has 1 aromatic heterocycles. The molecule has 156 valence electrons. The van der Waals surface area contributed by atoms with Gasteiger partial charge in [-0.25, -0.2) is 4.98 Å². The second-order valence-corrected chi connectivity index (χ2v) is 7.87. The van der Waals surface area contributed by atoms with Crippen LogP contribution >= 0.6 is 11.6 Å². The Labute approximate surface area is 182 Å². The van der Waals surface area contributed by atoms with Crippen molar-refractivity contribution in [2.75, 3.05) is 25.0 Å². The maximum Gasteiger partial charge on any atom is 0.191 e. The average Bonchev–Trinajstić information content (AvgIpc) is 3.41. The van der Waals surface area contributed by atoms with Crippen molar-refractivity contribution in [2.45, 2.75) is 25.6 Å². The highest BCUT2D eigenvalue weighted by Crippen LogP contribution is 2.23. The van der Waals surface area contributed by atoms with Gasteiger partial charge in [0.15, 0.2) is 5.96 Å². The minimum Gasteiger partial charge on any atom is -0.369 e. The zero-order valence-electron chi connectivity index (χ0n) is 17.1. The first-order valence-corrected chi connectivity index (χ1v) is 10.6. The largest absolute Gasteiger partial charge is 0.369 e. The summed E-state index contributed by atoms with van der Waals surface area (Å²) in [6.45, 7) is 3.34. The molecule has 2 N–H and O–H groups in total. The number of imidazole rings is 1. The van der Waals surface area contributed by atoms with Crippen LogP contribution in [0.3, 0.4) is 0 Å². The number of nitrogens with one attached hydrogen (secondary N) is 2. The number of halogens is 1. The lowest BCUT2D eigenvalue weighted by Crippen LogP contribution is -2.44. The molecule has 2 heterocycles. The number of aromatic nitrogens is 2. The van der Waals surface area contributed by atoms with Crippen LogP contribution in [0.2, 0.25) is 5.02 Å². The van der Waals surface area contributed by atoms with E-state index in [0.717, 1.165) is 48.5 Å². The minimum absolute atomic E-state index is 0.333. The molecule has 1 aliphatic rings. The quantitative estimate of drug-likeness (QED) is 0.471. The zero-order valence-corrected chi connectivity index (χ0v) is 17.9. The van der Waals surface area contributed by atoms with Crippen molar-refractivity contribution in [2.24, 2.45) is 4.99 Å². The molecule has 2 aromatic carbocycles. The number of aliphatic imine (C=N–C) groups is 1. The molecule has 0 amide bonds.